The number of nitrogens with zero attached hydrogens (tertiary/aromatic N) is 1. The van der Waals surface area contributed by atoms with Crippen LogP contribution < -0.4 is 10.2 Å². The minimum atomic E-state index is 0.262. The van der Waals surface area contributed by atoms with Crippen LogP contribution in [0.15, 0.2) is 18.2 Å². The highest BCUT2D eigenvalue weighted by Crippen LogP contribution is 2.27. The van der Waals surface area contributed by atoms with Crippen LogP contribution in [-0.4, -0.2) is 31.3 Å². The molecule has 0 aliphatic carbocycles. The zero-order valence-electron chi connectivity index (χ0n) is 12.2. The molecule has 0 aromatic heterocycles. The van der Waals surface area contributed by atoms with Crippen LogP contribution in [0.25, 0.3) is 0 Å². The zero-order valence-corrected chi connectivity index (χ0v) is 12.2. The fourth-order valence-electron chi connectivity index (χ4n) is 3.04. The van der Waals surface area contributed by atoms with Crippen molar-refractivity contribution in [1.82, 2.24) is 5.32 Å². The first-order valence-electron chi connectivity index (χ1n) is 7.38. The highest BCUT2D eigenvalue weighted by atomic mass is 16.3. The van der Waals surface area contributed by atoms with Crippen LogP contribution in [0.5, 0.6) is 0 Å². The van der Waals surface area contributed by atoms with E-state index in [0.717, 1.165) is 19.5 Å². The van der Waals surface area contributed by atoms with Gasteiger partial charge in [0.2, 0.25) is 0 Å². The van der Waals surface area contributed by atoms with Gasteiger partial charge in [-0.1, -0.05) is 25.0 Å². The van der Waals surface area contributed by atoms with Gasteiger partial charge in [-0.15, -0.1) is 0 Å². The molecule has 0 amide bonds. The molecule has 0 radical (unpaired) electrons. The number of rotatable bonds is 4. The van der Waals surface area contributed by atoms with Crippen molar-refractivity contribution in [2.45, 2.75) is 45.2 Å². The molecule has 1 heterocycles. The van der Waals surface area contributed by atoms with E-state index in [-0.39, 0.29) is 12.6 Å². The Bertz CT molecular complexity index is 406. The van der Waals surface area contributed by atoms with Crippen LogP contribution in [0.3, 0.4) is 0 Å². The predicted molar refractivity (Wildman–Crippen MR) is 80.6 cm³/mol. The van der Waals surface area contributed by atoms with Gasteiger partial charge in [0.15, 0.2) is 0 Å². The number of benzene rings is 1. The zero-order chi connectivity index (χ0) is 13.7. The van der Waals surface area contributed by atoms with Gasteiger partial charge in [0.05, 0.1) is 12.6 Å². The Hall–Kier alpha value is -1.06. The first-order chi connectivity index (χ1) is 9.26. The van der Waals surface area contributed by atoms with Crippen LogP contribution in [0.1, 0.15) is 36.8 Å². The standard InChI is InChI=1S/C16H26N2O/c1-13-10-14(11-17-2)7-8-16(13)18-9-5-3-4-6-15(18)12-19/h7-8,10,15,17,19H,3-6,9,11-12H2,1-2H3. The Morgan fingerprint density at radius 3 is 2.84 bits per heavy atom. The summed E-state index contributed by atoms with van der Waals surface area (Å²) in [5, 5.41) is 12.8. The molecule has 2 rings (SSSR count). The minimum Gasteiger partial charge on any atom is -0.394 e. The smallest absolute Gasteiger partial charge is 0.0635 e. The van der Waals surface area contributed by atoms with E-state index in [1.807, 2.05) is 7.05 Å². The third-order valence-corrected chi connectivity index (χ3v) is 4.04. The molecule has 1 unspecified atom stereocenters. The average Bonchev–Trinajstić information content (AvgIpc) is 2.64. The summed E-state index contributed by atoms with van der Waals surface area (Å²) in [5.74, 6) is 0. The van der Waals surface area contributed by atoms with E-state index in [4.69, 9.17) is 0 Å². The van der Waals surface area contributed by atoms with E-state index in [0.29, 0.717) is 0 Å². The van der Waals surface area contributed by atoms with Crippen molar-refractivity contribution >= 4 is 5.69 Å². The van der Waals surface area contributed by atoms with Crippen LogP contribution in [-0.2, 0) is 6.54 Å². The molecule has 1 saturated heterocycles. The number of aryl methyl sites for hydroxylation is 1. The van der Waals surface area contributed by atoms with E-state index in [1.54, 1.807) is 0 Å². The third kappa shape index (κ3) is 3.48. The van der Waals surface area contributed by atoms with Crippen LogP contribution in [0, 0.1) is 6.92 Å². The number of anilines is 1. The Morgan fingerprint density at radius 2 is 2.16 bits per heavy atom. The van der Waals surface area contributed by atoms with Gasteiger partial charge >= 0.3 is 0 Å². The minimum absolute atomic E-state index is 0.262. The van der Waals surface area contributed by atoms with Crippen molar-refractivity contribution in [3.8, 4) is 0 Å². The maximum atomic E-state index is 9.63. The molecule has 2 N–H and O–H groups in total. The van der Waals surface area contributed by atoms with E-state index in [2.05, 4.69) is 35.3 Å². The van der Waals surface area contributed by atoms with Crippen molar-refractivity contribution in [3.05, 3.63) is 29.3 Å². The fourth-order valence-corrected chi connectivity index (χ4v) is 3.04. The fraction of sp³-hybridized carbons (Fsp3) is 0.625. The first kappa shape index (κ1) is 14.4. The molecule has 1 atom stereocenters. The number of aliphatic hydroxyl groups excluding tert-OH is 1. The molecule has 1 aromatic rings. The van der Waals surface area contributed by atoms with Gasteiger partial charge in [-0.3, -0.25) is 0 Å². The number of hydrogen-bond donors (Lipinski definition) is 2. The normalized spacial score (nSPS) is 20.4. The Balaban J connectivity index is 2.23. The van der Waals surface area contributed by atoms with Gasteiger partial charge in [-0.05, 0) is 44.0 Å². The van der Waals surface area contributed by atoms with Gasteiger partial charge in [0.1, 0.15) is 0 Å². The molecule has 0 spiro atoms. The second kappa shape index (κ2) is 6.92. The summed E-state index contributed by atoms with van der Waals surface area (Å²) in [5.41, 5.74) is 3.92. The SMILES string of the molecule is CNCc1ccc(N2CCCCCC2CO)c(C)c1. The van der Waals surface area contributed by atoms with Gasteiger partial charge in [-0.2, -0.15) is 0 Å². The van der Waals surface area contributed by atoms with Crippen molar-refractivity contribution in [3.63, 3.8) is 0 Å². The van der Waals surface area contributed by atoms with Crippen molar-refractivity contribution in [2.24, 2.45) is 0 Å². The molecular weight excluding hydrogens is 236 g/mol. The lowest BCUT2D eigenvalue weighted by Gasteiger charge is -2.32. The van der Waals surface area contributed by atoms with Gasteiger partial charge < -0.3 is 15.3 Å². The molecule has 3 heteroatoms. The summed E-state index contributed by atoms with van der Waals surface area (Å²) < 4.78 is 0. The largest absolute Gasteiger partial charge is 0.394 e. The van der Waals surface area contributed by atoms with E-state index in [1.165, 1.54) is 36.1 Å². The Morgan fingerprint density at radius 1 is 1.32 bits per heavy atom. The van der Waals surface area contributed by atoms with E-state index >= 15 is 0 Å². The highest BCUT2D eigenvalue weighted by Gasteiger charge is 2.21. The average molecular weight is 262 g/mol. The molecule has 106 valence electrons. The van der Waals surface area contributed by atoms with Crippen LogP contribution in [0.2, 0.25) is 0 Å². The van der Waals surface area contributed by atoms with E-state index < -0.39 is 0 Å². The topological polar surface area (TPSA) is 35.5 Å². The predicted octanol–water partition coefficient (Wildman–Crippen LogP) is 2.46. The molecule has 1 aliphatic rings. The maximum absolute atomic E-state index is 9.63. The van der Waals surface area contributed by atoms with Gasteiger partial charge in [0, 0.05) is 18.8 Å². The summed E-state index contributed by atoms with van der Waals surface area (Å²) in [4.78, 5) is 2.41. The highest BCUT2D eigenvalue weighted by molar-refractivity contribution is 5.55. The lowest BCUT2D eigenvalue weighted by molar-refractivity contribution is 0.255. The summed E-state index contributed by atoms with van der Waals surface area (Å²) in [6.45, 7) is 4.41. The number of hydrogen-bond acceptors (Lipinski definition) is 3. The summed E-state index contributed by atoms with van der Waals surface area (Å²) >= 11 is 0. The second-order valence-electron chi connectivity index (χ2n) is 5.53. The van der Waals surface area contributed by atoms with Crippen LogP contribution in [0.4, 0.5) is 5.69 Å². The number of nitrogens with one attached hydrogen (secondary N) is 1. The molecule has 3 nitrogen and oxygen atoms in total. The number of aliphatic hydroxyl groups is 1. The monoisotopic (exact) mass is 262 g/mol. The summed E-state index contributed by atoms with van der Waals surface area (Å²) in [7, 11) is 1.97. The van der Waals surface area contributed by atoms with Crippen molar-refractivity contribution < 1.29 is 5.11 Å². The first-order valence-corrected chi connectivity index (χ1v) is 7.38. The third-order valence-electron chi connectivity index (χ3n) is 4.04. The summed E-state index contributed by atoms with van der Waals surface area (Å²) in [6, 6.07) is 6.95. The van der Waals surface area contributed by atoms with Crippen molar-refractivity contribution in [1.29, 1.82) is 0 Å². The second-order valence-corrected chi connectivity index (χ2v) is 5.53. The molecule has 0 saturated carbocycles. The lowest BCUT2D eigenvalue weighted by Crippen LogP contribution is -2.38. The quantitative estimate of drug-likeness (QED) is 0.875. The summed E-state index contributed by atoms with van der Waals surface area (Å²) in [6.07, 6.45) is 4.85. The Labute approximate surface area is 116 Å². The molecule has 19 heavy (non-hydrogen) atoms. The molecular formula is C16H26N2O. The molecule has 0 bridgehead atoms. The van der Waals surface area contributed by atoms with Crippen molar-refractivity contribution in [2.75, 3.05) is 25.1 Å². The van der Waals surface area contributed by atoms with E-state index in [9.17, 15) is 5.11 Å². The van der Waals surface area contributed by atoms with Crippen LogP contribution >= 0.6 is 0 Å². The van der Waals surface area contributed by atoms with Gasteiger partial charge in [0.25, 0.3) is 0 Å². The van der Waals surface area contributed by atoms with Gasteiger partial charge in [-0.25, -0.2) is 0 Å². The lowest BCUT2D eigenvalue weighted by atomic mass is 10.1. The maximum Gasteiger partial charge on any atom is 0.0635 e. The molecule has 1 aromatic carbocycles. The molecule has 1 fully saturated rings. The Kier molecular flexibility index (Phi) is 5.23. The molecule has 1 aliphatic heterocycles.